The second-order valence-electron chi connectivity index (χ2n) is 5.16. The molecule has 0 atom stereocenters. The summed E-state index contributed by atoms with van der Waals surface area (Å²) in [6.45, 7) is 2.05. The SMILES string of the molecule is COc1cc(CNCc2cccs2)cc(Cl)c1OCc1cccs1. The van der Waals surface area contributed by atoms with Gasteiger partial charge in [0.2, 0.25) is 0 Å². The Hall–Kier alpha value is -1.53. The zero-order valence-electron chi connectivity index (χ0n) is 13.3. The first-order valence-corrected chi connectivity index (χ1v) is 9.64. The Morgan fingerprint density at radius 1 is 1.04 bits per heavy atom. The van der Waals surface area contributed by atoms with E-state index < -0.39 is 0 Å². The van der Waals surface area contributed by atoms with E-state index in [1.165, 1.54) is 4.88 Å². The lowest BCUT2D eigenvalue weighted by Crippen LogP contribution is -2.12. The fraction of sp³-hybridized carbons (Fsp3) is 0.222. The van der Waals surface area contributed by atoms with E-state index in [4.69, 9.17) is 21.1 Å². The molecule has 0 bridgehead atoms. The second kappa shape index (κ2) is 8.53. The van der Waals surface area contributed by atoms with Gasteiger partial charge in [0, 0.05) is 22.8 Å². The Bertz CT molecular complexity index is 758. The highest BCUT2D eigenvalue weighted by Crippen LogP contribution is 2.37. The third-order valence-corrected chi connectivity index (χ3v) is 5.44. The minimum absolute atomic E-state index is 0.490. The number of hydrogen-bond donors (Lipinski definition) is 1. The van der Waals surface area contributed by atoms with Gasteiger partial charge in [-0.2, -0.15) is 0 Å². The van der Waals surface area contributed by atoms with Gasteiger partial charge in [0.25, 0.3) is 0 Å². The highest BCUT2D eigenvalue weighted by Gasteiger charge is 2.12. The maximum Gasteiger partial charge on any atom is 0.180 e. The Labute approximate surface area is 154 Å². The van der Waals surface area contributed by atoms with Crippen LogP contribution in [0.25, 0.3) is 0 Å². The molecule has 0 aliphatic heterocycles. The molecule has 0 saturated heterocycles. The van der Waals surface area contributed by atoms with Crippen LogP contribution < -0.4 is 14.8 Å². The maximum atomic E-state index is 6.40. The molecule has 0 aliphatic carbocycles. The van der Waals surface area contributed by atoms with Gasteiger partial charge in [0.15, 0.2) is 11.5 Å². The number of ether oxygens (including phenoxy) is 2. The van der Waals surface area contributed by atoms with E-state index in [9.17, 15) is 0 Å². The molecule has 0 amide bonds. The normalized spacial score (nSPS) is 10.8. The smallest absolute Gasteiger partial charge is 0.180 e. The summed E-state index contributed by atoms with van der Waals surface area (Å²) < 4.78 is 11.3. The van der Waals surface area contributed by atoms with Gasteiger partial charge in [-0.15, -0.1) is 22.7 Å². The standard InChI is InChI=1S/C18H18ClNO2S2/c1-21-17-9-13(10-20-11-14-4-2-6-23-14)8-16(19)18(17)22-12-15-5-3-7-24-15/h2-9,20H,10-12H2,1H3. The molecule has 2 heterocycles. The minimum atomic E-state index is 0.490. The van der Waals surface area contributed by atoms with Crippen molar-refractivity contribution in [1.29, 1.82) is 0 Å². The van der Waals surface area contributed by atoms with E-state index in [1.54, 1.807) is 29.8 Å². The van der Waals surface area contributed by atoms with Crippen molar-refractivity contribution in [1.82, 2.24) is 5.32 Å². The van der Waals surface area contributed by atoms with E-state index in [1.807, 2.05) is 29.6 Å². The predicted octanol–water partition coefficient (Wildman–Crippen LogP) is 5.34. The molecule has 0 saturated carbocycles. The van der Waals surface area contributed by atoms with Gasteiger partial charge < -0.3 is 14.8 Å². The average molecular weight is 380 g/mol. The number of nitrogens with one attached hydrogen (secondary N) is 1. The van der Waals surface area contributed by atoms with Crippen LogP contribution in [-0.4, -0.2) is 7.11 Å². The molecule has 0 aliphatic rings. The van der Waals surface area contributed by atoms with Gasteiger partial charge >= 0.3 is 0 Å². The van der Waals surface area contributed by atoms with Crippen LogP contribution in [0.15, 0.2) is 47.2 Å². The molecule has 3 rings (SSSR count). The molecule has 24 heavy (non-hydrogen) atoms. The van der Waals surface area contributed by atoms with Crippen LogP contribution in [0.5, 0.6) is 11.5 Å². The third kappa shape index (κ3) is 4.51. The van der Waals surface area contributed by atoms with Gasteiger partial charge in [-0.3, -0.25) is 0 Å². The second-order valence-corrected chi connectivity index (χ2v) is 7.63. The summed E-state index contributed by atoms with van der Waals surface area (Å²) >= 11 is 9.81. The molecule has 0 fully saturated rings. The summed E-state index contributed by atoms with van der Waals surface area (Å²) in [4.78, 5) is 2.46. The van der Waals surface area contributed by atoms with Crippen LogP contribution in [0.4, 0.5) is 0 Å². The predicted molar refractivity (Wildman–Crippen MR) is 102 cm³/mol. The number of thiophene rings is 2. The molecule has 3 nitrogen and oxygen atoms in total. The summed E-state index contributed by atoms with van der Waals surface area (Å²) in [5, 5.41) is 8.09. The molecule has 126 valence electrons. The van der Waals surface area contributed by atoms with Crippen LogP contribution in [0.2, 0.25) is 5.02 Å². The zero-order chi connectivity index (χ0) is 16.8. The Balaban J connectivity index is 1.65. The van der Waals surface area contributed by atoms with E-state index in [0.717, 1.165) is 23.5 Å². The number of methoxy groups -OCH3 is 1. The number of rotatable bonds is 8. The quantitative estimate of drug-likeness (QED) is 0.573. The van der Waals surface area contributed by atoms with Gasteiger partial charge in [-0.05, 0) is 40.6 Å². The highest BCUT2D eigenvalue weighted by atomic mass is 35.5. The first-order chi connectivity index (χ1) is 11.8. The Morgan fingerprint density at radius 2 is 1.79 bits per heavy atom. The summed E-state index contributed by atoms with van der Waals surface area (Å²) in [6.07, 6.45) is 0. The topological polar surface area (TPSA) is 30.5 Å². The van der Waals surface area contributed by atoms with Gasteiger partial charge in [-0.1, -0.05) is 23.7 Å². The zero-order valence-corrected chi connectivity index (χ0v) is 15.6. The van der Waals surface area contributed by atoms with Crippen molar-refractivity contribution in [2.75, 3.05) is 7.11 Å². The summed E-state index contributed by atoms with van der Waals surface area (Å²) in [6, 6.07) is 12.1. The molecule has 3 aromatic rings. The Kier molecular flexibility index (Phi) is 6.15. The molecule has 0 unspecified atom stereocenters. The molecule has 1 aromatic carbocycles. The van der Waals surface area contributed by atoms with Crippen LogP contribution >= 0.6 is 34.3 Å². The van der Waals surface area contributed by atoms with Crippen molar-refractivity contribution in [2.24, 2.45) is 0 Å². The van der Waals surface area contributed by atoms with E-state index in [2.05, 4.69) is 22.8 Å². The summed E-state index contributed by atoms with van der Waals surface area (Å²) in [7, 11) is 1.63. The van der Waals surface area contributed by atoms with Crippen LogP contribution in [0.1, 0.15) is 15.3 Å². The van der Waals surface area contributed by atoms with Crippen molar-refractivity contribution < 1.29 is 9.47 Å². The number of halogens is 1. The average Bonchev–Trinajstić information content (AvgIpc) is 3.27. The van der Waals surface area contributed by atoms with Crippen molar-refractivity contribution in [2.45, 2.75) is 19.7 Å². The first kappa shape index (κ1) is 17.3. The largest absolute Gasteiger partial charge is 0.493 e. The monoisotopic (exact) mass is 379 g/mol. The van der Waals surface area contributed by atoms with Crippen LogP contribution in [0, 0.1) is 0 Å². The highest BCUT2D eigenvalue weighted by molar-refractivity contribution is 7.10. The summed E-state index contributed by atoms with van der Waals surface area (Å²) in [5.74, 6) is 1.25. The molecular formula is C18H18ClNO2S2. The van der Waals surface area contributed by atoms with Crippen LogP contribution in [0.3, 0.4) is 0 Å². The van der Waals surface area contributed by atoms with Crippen molar-refractivity contribution in [3.63, 3.8) is 0 Å². The summed E-state index contributed by atoms with van der Waals surface area (Å²) in [5.41, 5.74) is 1.07. The maximum absolute atomic E-state index is 6.40. The van der Waals surface area contributed by atoms with Gasteiger partial charge in [-0.25, -0.2) is 0 Å². The lowest BCUT2D eigenvalue weighted by molar-refractivity contribution is 0.287. The molecule has 6 heteroatoms. The van der Waals surface area contributed by atoms with Crippen LogP contribution in [-0.2, 0) is 19.7 Å². The van der Waals surface area contributed by atoms with Gasteiger partial charge in [0.1, 0.15) is 6.61 Å². The Morgan fingerprint density at radius 3 is 2.46 bits per heavy atom. The fourth-order valence-corrected chi connectivity index (χ4v) is 3.87. The van der Waals surface area contributed by atoms with Crippen molar-refractivity contribution in [3.8, 4) is 11.5 Å². The molecule has 0 radical (unpaired) electrons. The molecule has 2 aromatic heterocycles. The number of hydrogen-bond acceptors (Lipinski definition) is 5. The van der Waals surface area contributed by atoms with E-state index in [0.29, 0.717) is 23.1 Å². The van der Waals surface area contributed by atoms with Crippen molar-refractivity contribution in [3.05, 3.63) is 67.5 Å². The first-order valence-electron chi connectivity index (χ1n) is 7.51. The third-order valence-electron chi connectivity index (χ3n) is 3.44. The lowest BCUT2D eigenvalue weighted by Gasteiger charge is -2.14. The lowest BCUT2D eigenvalue weighted by atomic mass is 10.2. The molecule has 0 spiro atoms. The fourth-order valence-electron chi connectivity index (χ4n) is 2.30. The molecule has 1 N–H and O–H groups in total. The van der Waals surface area contributed by atoms with Gasteiger partial charge in [0.05, 0.1) is 12.1 Å². The van der Waals surface area contributed by atoms with E-state index in [-0.39, 0.29) is 0 Å². The van der Waals surface area contributed by atoms with E-state index >= 15 is 0 Å². The minimum Gasteiger partial charge on any atom is -0.493 e. The van der Waals surface area contributed by atoms with Crippen molar-refractivity contribution >= 4 is 34.3 Å². The number of benzene rings is 1. The molecular weight excluding hydrogens is 362 g/mol.